The minimum atomic E-state index is -0.455. The van der Waals surface area contributed by atoms with E-state index in [0.29, 0.717) is 12.5 Å². The van der Waals surface area contributed by atoms with Crippen LogP contribution in [0.5, 0.6) is 0 Å². The number of nitrogens with one attached hydrogen (secondary N) is 1. The van der Waals surface area contributed by atoms with Crippen molar-refractivity contribution in [3.05, 3.63) is 75.6 Å². The first-order valence-electron chi connectivity index (χ1n) is 8.93. The Labute approximate surface area is 191 Å². The van der Waals surface area contributed by atoms with Crippen molar-refractivity contribution in [2.24, 2.45) is 4.99 Å². The molecule has 8 nitrogen and oxygen atoms in total. The summed E-state index contributed by atoms with van der Waals surface area (Å²) in [4.78, 5) is 30.1. The van der Waals surface area contributed by atoms with Crippen LogP contribution in [0, 0.1) is 15.9 Å². The van der Waals surface area contributed by atoms with Gasteiger partial charge in [0, 0.05) is 39.8 Å². The third-order valence-electron chi connectivity index (χ3n) is 4.15. The molecule has 0 atom stereocenters. The van der Waals surface area contributed by atoms with Gasteiger partial charge in [0.05, 0.1) is 18.0 Å². The first-order valence-corrected chi connectivity index (χ1v) is 8.93. The zero-order chi connectivity index (χ0) is 21.4. The fourth-order valence-electron chi connectivity index (χ4n) is 2.45. The molecule has 1 N–H and O–H groups in total. The van der Waals surface area contributed by atoms with Crippen molar-refractivity contribution in [1.29, 1.82) is 0 Å². The summed E-state index contributed by atoms with van der Waals surface area (Å²) in [5.41, 5.74) is 1.70. The maximum absolute atomic E-state index is 13.1. The number of benzene rings is 2. The van der Waals surface area contributed by atoms with E-state index in [9.17, 15) is 19.3 Å². The van der Waals surface area contributed by atoms with Gasteiger partial charge >= 0.3 is 0 Å². The number of non-ortho nitro benzene ring substituents is 1. The highest BCUT2D eigenvalue weighted by molar-refractivity contribution is 14.0. The van der Waals surface area contributed by atoms with Gasteiger partial charge in [0.1, 0.15) is 5.82 Å². The highest BCUT2D eigenvalue weighted by Gasteiger charge is 2.11. The Morgan fingerprint density at radius 2 is 1.63 bits per heavy atom. The zero-order valence-electron chi connectivity index (χ0n) is 17.0. The Balaban J connectivity index is 0.00000450. The average Bonchev–Trinajstić information content (AvgIpc) is 2.69. The number of amides is 1. The van der Waals surface area contributed by atoms with Crippen molar-refractivity contribution < 1.29 is 14.1 Å². The third-order valence-corrected chi connectivity index (χ3v) is 4.15. The molecule has 10 heteroatoms. The molecular formula is C20H25FIN5O3. The number of carbonyl (C=O) groups excluding carboxylic acids is 1. The van der Waals surface area contributed by atoms with Gasteiger partial charge in [-0.25, -0.2) is 9.38 Å². The second kappa shape index (κ2) is 12.1. The SMILES string of the molecule is CN(C)C(=O)CNC(=NCc1ccc([N+](=O)[O-])cc1)N(C)Cc1ccc(F)cc1.I. The van der Waals surface area contributed by atoms with Gasteiger partial charge in [0.25, 0.3) is 5.69 Å². The van der Waals surface area contributed by atoms with E-state index < -0.39 is 4.92 Å². The molecule has 0 aromatic heterocycles. The van der Waals surface area contributed by atoms with Gasteiger partial charge in [0.15, 0.2) is 5.96 Å². The summed E-state index contributed by atoms with van der Waals surface area (Å²) in [5.74, 6) is 0.0734. The molecule has 0 saturated carbocycles. The molecule has 0 unspecified atom stereocenters. The fraction of sp³-hybridized carbons (Fsp3) is 0.300. The number of hydrogen-bond donors (Lipinski definition) is 1. The van der Waals surface area contributed by atoms with Gasteiger partial charge in [-0.3, -0.25) is 14.9 Å². The number of hydrogen-bond acceptors (Lipinski definition) is 4. The summed E-state index contributed by atoms with van der Waals surface area (Å²) < 4.78 is 13.1. The predicted molar refractivity (Wildman–Crippen MR) is 124 cm³/mol. The molecule has 30 heavy (non-hydrogen) atoms. The number of guanidine groups is 1. The summed E-state index contributed by atoms with van der Waals surface area (Å²) in [6, 6.07) is 12.3. The van der Waals surface area contributed by atoms with Crippen molar-refractivity contribution in [2.45, 2.75) is 13.1 Å². The van der Waals surface area contributed by atoms with E-state index in [1.807, 2.05) is 11.9 Å². The second-order valence-electron chi connectivity index (χ2n) is 6.69. The molecule has 0 aliphatic rings. The quantitative estimate of drug-likeness (QED) is 0.196. The zero-order valence-corrected chi connectivity index (χ0v) is 19.4. The van der Waals surface area contributed by atoms with Crippen molar-refractivity contribution >= 4 is 41.5 Å². The van der Waals surface area contributed by atoms with Crippen LogP contribution in [-0.4, -0.2) is 54.3 Å². The number of rotatable bonds is 7. The summed E-state index contributed by atoms with van der Waals surface area (Å²) in [6.45, 7) is 0.812. The van der Waals surface area contributed by atoms with Crippen LogP contribution in [0.1, 0.15) is 11.1 Å². The molecule has 0 heterocycles. The maximum Gasteiger partial charge on any atom is 0.269 e. The van der Waals surface area contributed by atoms with E-state index in [1.54, 1.807) is 38.4 Å². The lowest BCUT2D eigenvalue weighted by Crippen LogP contribution is -2.43. The molecule has 0 saturated heterocycles. The van der Waals surface area contributed by atoms with Crippen LogP contribution in [0.25, 0.3) is 0 Å². The molecule has 0 bridgehead atoms. The highest BCUT2D eigenvalue weighted by atomic mass is 127. The molecule has 0 aliphatic carbocycles. The molecule has 0 spiro atoms. The molecule has 0 aliphatic heterocycles. The van der Waals surface area contributed by atoms with Crippen molar-refractivity contribution in [3.8, 4) is 0 Å². The van der Waals surface area contributed by atoms with Crippen LogP contribution in [0.3, 0.4) is 0 Å². The van der Waals surface area contributed by atoms with Crippen LogP contribution in [0.2, 0.25) is 0 Å². The first kappa shape index (κ1) is 25.3. The van der Waals surface area contributed by atoms with Crippen molar-refractivity contribution in [3.63, 3.8) is 0 Å². The number of halogens is 2. The van der Waals surface area contributed by atoms with E-state index in [-0.39, 0.29) is 54.5 Å². The van der Waals surface area contributed by atoms with E-state index in [4.69, 9.17) is 0 Å². The second-order valence-corrected chi connectivity index (χ2v) is 6.69. The number of likely N-dealkylation sites (N-methyl/N-ethyl adjacent to an activating group) is 1. The monoisotopic (exact) mass is 529 g/mol. The minimum Gasteiger partial charge on any atom is -0.347 e. The minimum absolute atomic E-state index is 0. The lowest BCUT2D eigenvalue weighted by molar-refractivity contribution is -0.384. The molecule has 0 radical (unpaired) electrons. The highest BCUT2D eigenvalue weighted by Crippen LogP contribution is 2.13. The molecule has 2 aromatic carbocycles. The average molecular weight is 529 g/mol. The number of aliphatic imine (C=N–C) groups is 1. The van der Waals surface area contributed by atoms with Crippen LogP contribution < -0.4 is 5.32 Å². The van der Waals surface area contributed by atoms with Crippen LogP contribution in [0.4, 0.5) is 10.1 Å². The van der Waals surface area contributed by atoms with Gasteiger partial charge in [0.2, 0.25) is 5.91 Å². The van der Waals surface area contributed by atoms with Gasteiger partial charge in [-0.2, -0.15) is 0 Å². The van der Waals surface area contributed by atoms with E-state index in [1.165, 1.54) is 29.2 Å². The largest absolute Gasteiger partial charge is 0.347 e. The third kappa shape index (κ3) is 7.93. The number of nitrogens with zero attached hydrogens (tertiary/aromatic N) is 4. The predicted octanol–water partition coefficient (Wildman–Crippen LogP) is 3.02. The number of nitro benzene ring substituents is 1. The Morgan fingerprint density at radius 1 is 1.07 bits per heavy atom. The Bertz CT molecular complexity index is 873. The number of nitro groups is 1. The Hall–Kier alpha value is -2.76. The van der Waals surface area contributed by atoms with E-state index >= 15 is 0 Å². The van der Waals surface area contributed by atoms with Crippen LogP contribution in [0.15, 0.2) is 53.5 Å². The van der Waals surface area contributed by atoms with E-state index in [2.05, 4.69) is 10.3 Å². The van der Waals surface area contributed by atoms with Gasteiger partial charge in [-0.05, 0) is 23.3 Å². The van der Waals surface area contributed by atoms with Crippen LogP contribution in [-0.2, 0) is 17.9 Å². The first-order chi connectivity index (χ1) is 13.8. The molecule has 1 amide bonds. The number of carbonyl (C=O) groups is 1. The fourth-order valence-corrected chi connectivity index (χ4v) is 2.45. The lowest BCUT2D eigenvalue weighted by Gasteiger charge is -2.23. The topological polar surface area (TPSA) is 91.1 Å². The summed E-state index contributed by atoms with van der Waals surface area (Å²) in [5, 5.41) is 13.8. The standard InChI is InChI=1S/C20H24FN5O3.HI/c1-24(2)19(27)13-23-20(25(3)14-16-4-8-17(21)9-5-16)22-12-15-6-10-18(11-7-15)26(28)29;/h4-11H,12-14H2,1-3H3,(H,22,23);1H. The van der Waals surface area contributed by atoms with Gasteiger partial charge in [-0.15, -0.1) is 24.0 Å². The smallest absolute Gasteiger partial charge is 0.269 e. The lowest BCUT2D eigenvalue weighted by atomic mass is 10.2. The molecule has 0 fully saturated rings. The van der Waals surface area contributed by atoms with Crippen molar-refractivity contribution in [2.75, 3.05) is 27.7 Å². The Kier molecular flexibility index (Phi) is 10.2. The summed E-state index contributed by atoms with van der Waals surface area (Å²) in [7, 11) is 5.14. The van der Waals surface area contributed by atoms with Gasteiger partial charge in [-0.1, -0.05) is 24.3 Å². The van der Waals surface area contributed by atoms with E-state index in [0.717, 1.165) is 11.1 Å². The maximum atomic E-state index is 13.1. The summed E-state index contributed by atoms with van der Waals surface area (Å²) in [6.07, 6.45) is 0. The normalized spacial score (nSPS) is 10.7. The summed E-state index contributed by atoms with van der Waals surface area (Å²) >= 11 is 0. The molecule has 162 valence electrons. The molecule has 2 aromatic rings. The molecule has 2 rings (SSSR count). The Morgan fingerprint density at radius 3 is 2.17 bits per heavy atom. The van der Waals surface area contributed by atoms with Crippen molar-refractivity contribution in [1.82, 2.24) is 15.1 Å². The van der Waals surface area contributed by atoms with Gasteiger partial charge < -0.3 is 15.1 Å². The van der Waals surface area contributed by atoms with Crippen LogP contribution >= 0.6 is 24.0 Å². The molecular weight excluding hydrogens is 504 g/mol.